The van der Waals surface area contributed by atoms with Crippen molar-refractivity contribution in [2.24, 2.45) is 5.92 Å². The molecule has 3 aromatic rings. The summed E-state index contributed by atoms with van der Waals surface area (Å²) in [6.45, 7) is 1.99. The summed E-state index contributed by atoms with van der Waals surface area (Å²) in [7, 11) is 1.52. The van der Waals surface area contributed by atoms with E-state index in [2.05, 4.69) is 6.07 Å². The SMILES string of the molecule is COc1cc(C2c3c(cc(C)oc3=O)OC(=N)C2C#N)ccc1OCc1ccccc1. The average molecular weight is 416 g/mol. The molecule has 0 saturated carbocycles. The standard InChI is InChI=1S/C24H20N2O5/c1-14-10-20-22(24(27)30-14)21(17(12-25)23(26)31-20)16-8-9-18(19(11-16)28-2)29-13-15-6-4-3-5-7-15/h3-11,17,21,26H,13H2,1-2H3. The fourth-order valence-corrected chi connectivity index (χ4v) is 3.68. The molecule has 1 aromatic heterocycles. The maximum absolute atomic E-state index is 12.6. The van der Waals surface area contributed by atoms with E-state index >= 15 is 0 Å². The van der Waals surface area contributed by atoms with E-state index in [4.69, 9.17) is 24.0 Å². The van der Waals surface area contributed by atoms with Gasteiger partial charge in [-0.25, -0.2) is 4.79 Å². The van der Waals surface area contributed by atoms with E-state index in [1.54, 1.807) is 31.2 Å². The fourth-order valence-electron chi connectivity index (χ4n) is 3.68. The Bertz CT molecular complexity index is 1230. The van der Waals surface area contributed by atoms with Crippen LogP contribution in [-0.4, -0.2) is 13.0 Å². The Kier molecular flexibility index (Phi) is 5.46. The molecule has 4 rings (SSSR count). The first-order valence-electron chi connectivity index (χ1n) is 9.67. The largest absolute Gasteiger partial charge is 0.493 e. The Morgan fingerprint density at radius 1 is 1.13 bits per heavy atom. The molecule has 2 unspecified atom stereocenters. The zero-order valence-electron chi connectivity index (χ0n) is 17.0. The number of methoxy groups -OCH3 is 1. The molecule has 0 spiro atoms. The first-order chi connectivity index (χ1) is 15.0. The second kappa shape index (κ2) is 8.36. The van der Waals surface area contributed by atoms with Crippen molar-refractivity contribution in [2.45, 2.75) is 19.4 Å². The van der Waals surface area contributed by atoms with E-state index in [9.17, 15) is 10.1 Å². The highest BCUT2D eigenvalue weighted by Crippen LogP contribution is 2.42. The molecule has 1 aliphatic heterocycles. The minimum absolute atomic E-state index is 0.214. The smallest absolute Gasteiger partial charge is 0.343 e. The number of rotatable bonds is 5. The van der Waals surface area contributed by atoms with Gasteiger partial charge in [-0.3, -0.25) is 5.41 Å². The van der Waals surface area contributed by atoms with Crippen LogP contribution in [-0.2, 0) is 6.61 Å². The van der Waals surface area contributed by atoms with Crippen molar-refractivity contribution in [2.75, 3.05) is 7.11 Å². The van der Waals surface area contributed by atoms with Gasteiger partial charge in [-0.1, -0.05) is 36.4 Å². The molecule has 156 valence electrons. The lowest BCUT2D eigenvalue weighted by molar-refractivity contribution is 0.284. The lowest BCUT2D eigenvalue weighted by Crippen LogP contribution is -2.34. The highest BCUT2D eigenvalue weighted by atomic mass is 16.5. The highest BCUT2D eigenvalue weighted by Gasteiger charge is 2.40. The number of fused-ring (bicyclic) bond motifs is 1. The molecule has 7 heteroatoms. The maximum atomic E-state index is 12.6. The summed E-state index contributed by atoms with van der Waals surface area (Å²) in [5.74, 6) is -0.322. The predicted octanol–water partition coefficient (Wildman–Crippen LogP) is 4.18. The van der Waals surface area contributed by atoms with Crippen molar-refractivity contribution in [3.63, 3.8) is 0 Å². The number of nitrogens with one attached hydrogen (secondary N) is 1. The molecular weight excluding hydrogens is 396 g/mol. The molecule has 2 atom stereocenters. The summed E-state index contributed by atoms with van der Waals surface area (Å²) >= 11 is 0. The Morgan fingerprint density at radius 3 is 2.61 bits per heavy atom. The van der Waals surface area contributed by atoms with E-state index in [0.29, 0.717) is 29.4 Å². The molecule has 0 saturated heterocycles. The number of nitrogens with zero attached hydrogens (tertiary/aromatic N) is 1. The Labute approximate surface area is 178 Å². The van der Waals surface area contributed by atoms with Gasteiger partial charge < -0.3 is 18.6 Å². The van der Waals surface area contributed by atoms with Gasteiger partial charge in [-0.2, -0.15) is 5.26 Å². The van der Waals surface area contributed by atoms with Gasteiger partial charge in [0, 0.05) is 12.0 Å². The average Bonchev–Trinajstić information content (AvgIpc) is 2.77. The summed E-state index contributed by atoms with van der Waals surface area (Å²) in [4.78, 5) is 12.6. The third kappa shape index (κ3) is 3.88. The summed E-state index contributed by atoms with van der Waals surface area (Å²) in [6, 6.07) is 18.6. The minimum Gasteiger partial charge on any atom is -0.493 e. The predicted molar refractivity (Wildman–Crippen MR) is 113 cm³/mol. The van der Waals surface area contributed by atoms with Crippen LogP contribution in [0.5, 0.6) is 17.2 Å². The van der Waals surface area contributed by atoms with E-state index < -0.39 is 17.5 Å². The van der Waals surface area contributed by atoms with Gasteiger partial charge in [0.15, 0.2) is 11.5 Å². The van der Waals surface area contributed by atoms with Gasteiger partial charge in [0.2, 0.25) is 5.90 Å². The monoisotopic (exact) mass is 416 g/mol. The Balaban J connectivity index is 1.74. The lowest BCUT2D eigenvalue weighted by Gasteiger charge is -2.29. The Morgan fingerprint density at radius 2 is 1.90 bits per heavy atom. The Hall–Kier alpha value is -4.05. The van der Waals surface area contributed by atoms with Gasteiger partial charge >= 0.3 is 5.63 Å². The van der Waals surface area contributed by atoms with Crippen LogP contribution in [0, 0.1) is 29.6 Å². The van der Waals surface area contributed by atoms with Crippen LogP contribution in [0.15, 0.2) is 63.8 Å². The number of nitriles is 1. The molecule has 1 N–H and O–H groups in total. The van der Waals surface area contributed by atoms with Crippen molar-refractivity contribution < 1.29 is 18.6 Å². The topological polar surface area (TPSA) is 106 Å². The van der Waals surface area contributed by atoms with Gasteiger partial charge in [0.05, 0.1) is 18.7 Å². The molecule has 2 aromatic carbocycles. The van der Waals surface area contributed by atoms with Crippen molar-refractivity contribution in [3.8, 4) is 23.3 Å². The van der Waals surface area contributed by atoms with Crippen LogP contribution >= 0.6 is 0 Å². The quantitative estimate of drug-likeness (QED) is 0.669. The van der Waals surface area contributed by atoms with Crippen LogP contribution in [0.1, 0.15) is 28.4 Å². The second-order valence-corrected chi connectivity index (χ2v) is 7.16. The zero-order valence-corrected chi connectivity index (χ0v) is 17.0. The molecule has 1 aliphatic rings. The summed E-state index contributed by atoms with van der Waals surface area (Å²) in [6.07, 6.45) is 0. The third-order valence-electron chi connectivity index (χ3n) is 5.14. The molecule has 0 aliphatic carbocycles. The summed E-state index contributed by atoms with van der Waals surface area (Å²) in [5, 5.41) is 17.9. The van der Waals surface area contributed by atoms with E-state index in [1.807, 2.05) is 30.3 Å². The summed E-state index contributed by atoms with van der Waals surface area (Å²) in [5.41, 5.74) is 1.27. The molecule has 0 fully saturated rings. The van der Waals surface area contributed by atoms with Crippen molar-refractivity contribution in [3.05, 3.63) is 87.5 Å². The summed E-state index contributed by atoms with van der Waals surface area (Å²) < 4.78 is 22.1. The minimum atomic E-state index is -0.973. The number of aryl methyl sites for hydroxylation is 1. The maximum Gasteiger partial charge on any atom is 0.343 e. The number of hydrogen-bond donors (Lipinski definition) is 1. The van der Waals surface area contributed by atoms with Crippen molar-refractivity contribution in [1.82, 2.24) is 0 Å². The first kappa shape index (κ1) is 20.2. The van der Waals surface area contributed by atoms with Gasteiger partial charge in [0.25, 0.3) is 0 Å². The van der Waals surface area contributed by atoms with E-state index in [1.165, 1.54) is 7.11 Å². The van der Waals surface area contributed by atoms with Crippen LogP contribution in [0.3, 0.4) is 0 Å². The first-order valence-corrected chi connectivity index (χ1v) is 9.67. The van der Waals surface area contributed by atoms with Crippen LogP contribution in [0.25, 0.3) is 0 Å². The van der Waals surface area contributed by atoms with Crippen LogP contribution in [0.2, 0.25) is 0 Å². The van der Waals surface area contributed by atoms with Gasteiger partial charge in [-0.15, -0.1) is 0 Å². The molecule has 31 heavy (non-hydrogen) atoms. The molecular formula is C24H20N2O5. The normalized spacial score (nSPS) is 17.3. The molecule has 0 radical (unpaired) electrons. The molecule has 2 heterocycles. The van der Waals surface area contributed by atoms with Crippen LogP contribution in [0.4, 0.5) is 0 Å². The number of benzene rings is 2. The van der Waals surface area contributed by atoms with Crippen molar-refractivity contribution in [1.29, 1.82) is 10.7 Å². The zero-order chi connectivity index (χ0) is 22.0. The molecule has 7 nitrogen and oxygen atoms in total. The lowest BCUT2D eigenvalue weighted by atomic mass is 9.79. The second-order valence-electron chi connectivity index (χ2n) is 7.16. The van der Waals surface area contributed by atoms with E-state index in [-0.39, 0.29) is 17.2 Å². The molecule has 0 bridgehead atoms. The van der Waals surface area contributed by atoms with Crippen LogP contribution < -0.4 is 19.8 Å². The number of hydrogen-bond acceptors (Lipinski definition) is 7. The number of ether oxygens (including phenoxy) is 3. The van der Waals surface area contributed by atoms with Crippen molar-refractivity contribution >= 4 is 5.90 Å². The molecule has 0 amide bonds. The van der Waals surface area contributed by atoms with Gasteiger partial charge in [-0.05, 0) is 30.2 Å². The third-order valence-corrected chi connectivity index (χ3v) is 5.14. The van der Waals surface area contributed by atoms with E-state index in [0.717, 1.165) is 5.56 Å². The van der Waals surface area contributed by atoms with Gasteiger partial charge in [0.1, 0.15) is 24.0 Å². The highest BCUT2D eigenvalue weighted by molar-refractivity contribution is 5.85. The fraction of sp³-hybridized carbons (Fsp3) is 0.208.